The Balaban J connectivity index is 1.76. The molecule has 150 valence electrons. The van der Waals surface area contributed by atoms with Crippen molar-refractivity contribution in [3.8, 4) is 0 Å². The van der Waals surface area contributed by atoms with E-state index in [1.54, 1.807) is 6.20 Å². The largest absolute Gasteiger partial charge is 0.392 e. The second kappa shape index (κ2) is 9.66. The van der Waals surface area contributed by atoms with Crippen LogP contribution in [0.2, 0.25) is 0 Å². The van der Waals surface area contributed by atoms with E-state index >= 15 is 0 Å². The van der Waals surface area contributed by atoms with Crippen molar-refractivity contribution in [1.29, 1.82) is 0 Å². The third-order valence-corrected chi connectivity index (χ3v) is 5.24. The highest BCUT2D eigenvalue weighted by atomic mass is 16.3. The molecule has 2 unspecified atom stereocenters. The van der Waals surface area contributed by atoms with Crippen LogP contribution in [0.4, 0.5) is 5.82 Å². The number of likely N-dealkylation sites (N-methyl/N-ethyl adjacent to an activating group) is 1. The van der Waals surface area contributed by atoms with E-state index in [2.05, 4.69) is 32.2 Å². The number of carbonyl (C=O) groups is 1. The summed E-state index contributed by atoms with van der Waals surface area (Å²) in [6.07, 6.45) is 3.13. The van der Waals surface area contributed by atoms with E-state index < -0.39 is 0 Å². The van der Waals surface area contributed by atoms with Crippen LogP contribution in [0.3, 0.4) is 0 Å². The van der Waals surface area contributed by atoms with E-state index in [4.69, 9.17) is 0 Å². The molecule has 0 saturated carbocycles. The molecule has 1 aromatic carbocycles. The number of nitrogens with zero attached hydrogens (tertiary/aromatic N) is 3. The molecule has 6 heteroatoms. The minimum Gasteiger partial charge on any atom is -0.392 e. The summed E-state index contributed by atoms with van der Waals surface area (Å²) in [5, 5.41) is 12.8. The molecule has 1 aliphatic rings. The fraction of sp³-hybridized carbons (Fsp3) is 0.455. The van der Waals surface area contributed by atoms with Gasteiger partial charge in [-0.15, -0.1) is 0 Å². The van der Waals surface area contributed by atoms with Gasteiger partial charge in [-0.2, -0.15) is 0 Å². The maximum atomic E-state index is 12.1. The Labute approximate surface area is 167 Å². The number of likely N-dealkylation sites (tertiary alicyclic amines) is 1. The Kier molecular flexibility index (Phi) is 7.01. The Morgan fingerprint density at radius 2 is 2.11 bits per heavy atom. The first-order valence-corrected chi connectivity index (χ1v) is 10.0. The lowest BCUT2D eigenvalue weighted by Gasteiger charge is -2.33. The predicted octanol–water partition coefficient (Wildman–Crippen LogP) is 2.47. The number of aliphatic hydroxyl groups excluding tert-OH is 1. The maximum absolute atomic E-state index is 12.1. The van der Waals surface area contributed by atoms with Crippen molar-refractivity contribution in [2.24, 2.45) is 0 Å². The Morgan fingerprint density at radius 3 is 2.71 bits per heavy atom. The molecule has 1 saturated heterocycles. The zero-order chi connectivity index (χ0) is 19.9. The lowest BCUT2D eigenvalue weighted by atomic mass is 10.0. The molecule has 2 heterocycles. The number of amides is 1. The number of hydrogen-bond donors (Lipinski definition) is 2. The summed E-state index contributed by atoms with van der Waals surface area (Å²) in [4.78, 5) is 21.1. The van der Waals surface area contributed by atoms with Crippen molar-refractivity contribution >= 4 is 11.7 Å². The van der Waals surface area contributed by atoms with Gasteiger partial charge in [0.2, 0.25) is 0 Å². The molecule has 1 fully saturated rings. The van der Waals surface area contributed by atoms with E-state index in [9.17, 15) is 9.90 Å². The van der Waals surface area contributed by atoms with Gasteiger partial charge >= 0.3 is 0 Å². The van der Waals surface area contributed by atoms with Crippen LogP contribution < -0.4 is 10.2 Å². The molecule has 2 aromatic rings. The number of aliphatic hydroxyl groups is 1. The van der Waals surface area contributed by atoms with Crippen LogP contribution in [0, 0.1) is 0 Å². The van der Waals surface area contributed by atoms with Gasteiger partial charge in [-0.1, -0.05) is 37.3 Å². The van der Waals surface area contributed by atoms with Gasteiger partial charge < -0.3 is 15.3 Å². The van der Waals surface area contributed by atoms with Crippen LogP contribution in [0.5, 0.6) is 0 Å². The zero-order valence-corrected chi connectivity index (χ0v) is 16.7. The molecular formula is C22H30N4O2. The second-order valence-corrected chi connectivity index (χ2v) is 7.40. The van der Waals surface area contributed by atoms with Gasteiger partial charge in [0.1, 0.15) is 5.82 Å². The predicted molar refractivity (Wildman–Crippen MR) is 112 cm³/mol. The van der Waals surface area contributed by atoms with Gasteiger partial charge in [-0.25, -0.2) is 4.98 Å². The van der Waals surface area contributed by atoms with Gasteiger partial charge in [0.15, 0.2) is 0 Å². The van der Waals surface area contributed by atoms with Crippen LogP contribution >= 0.6 is 0 Å². The minimum atomic E-state index is -0.235. The number of pyridine rings is 1. The highest BCUT2D eigenvalue weighted by Gasteiger charge is 2.26. The smallest absolute Gasteiger partial charge is 0.252 e. The number of benzene rings is 1. The van der Waals surface area contributed by atoms with E-state index in [-0.39, 0.29) is 18.1 Å². The summed E-state index contributed by atoms with van der Waals surface area (Å²) in [7, 11) is 2.03. The average molecular weight is 383 g/mol. The summed E-state index contributed by atoms with van der Waals surface area (Å²) < 4.78 is 0. The first kappa shape index (κ1) is 20.3. The van der Waals surface area contributed by atoms with Gasteiger partial charge in [-0.05, 0) is 30.5 Å². The first-order chi connectivity index (χ1) is 13.6. The normalized spacial score (nSPS) is 18.0. The lowest BCUT2D eigenvalue weighted by Crippen LogP contribution is -2.36. The van der Waals surface area contributed by atoms with Gasteiger partial charge in [0, 0.05) is 39.4 Å². The van der Waals surface area contributed by atoms with Crippen molar-refractivity contribution in [3.05, 3.63) is 59.8 Å². The molecule has 2 atom stereocenters. The highest BCUT2D eigenvalue weighted by Crippen LogP contribution is 2.26. The Morgan fingerprint density at radius 1 is 1.32 bits per heavy atom. The minimum absolute atomic E-state index is 0.0887. The Bertz CT molecular complexity index is 751. The van der Waals surface area contributed by atoms with Crippen LogP contribution in [0.25, 0.3) is 0 Å². The number of rotatable bonds is 8. The fourth-order valence-corrected chi connectivity index (χ4v) is 3.58. The third kappa shape index (κ3) is 5.09. The summed E-state index contributed by atoms with van der Waals surface area (Å²) in [6, 6.07) is 14.2. The molecule has 3 rings (SSSR count). The quantitative estimate of drug-likeness (QED) is 0.734. The topological polar surface area (TPSA) is 68.7 Å². The monoisotopic (exact) mass is 382 g/mol. The number of anilines is 1. The van der Waals surface area contributed by atoms with Gasteiger partial charge in [0.25, 0.3) is 5.91 Å². The number of carbonyl (C=O) groups excluding carboxylic acids is 1. The van der Waals surface area contributed by atoms with Gasteiger partial charge in [-0.3, -0.25) is 9.69 Å². The molecule has 1 aromatic heterocycles. The molecule has 6 nitrogen and oxygen atoms in total. The molecule has 2 N–H and O–H groups in total. The van der Waals surface area contributed by atoms with Crippen LogP contribution in [-0.2, 0) is 0 Å². The summed E-state index contributed by atoms with van der Waals surface area (Å²) in [6.45, 7) is 5.12. The first-order valence-electron chi connectivity index (χ1n) is 10.0. The fourth-order valence-electron chi connectivity index (χ4n) is 3.58. The van der Waals surface area contributed by atoms with E-state index in [1.807, 2.05) is 44.3 Å². The summed E-state index contributed by atoms with van der Waals surface area (Å²) in [5.74, 6) is 0.731. The third-order valence-electron chi connectivity index (χ3n) is 5.24. The molecule has 1 amide bonds. The van der Waals surface area contributed by atoms with E-state index in [1.165, 1.54) is 5.56 Å². The zero-order valence-electron chi connectivity index (χ0n) is 16.7. The SMILES string of the molecule is CCCNC(=O)c1ccc(N(C)C(CN2CCC(O)C2)c2ccccc2)nc1. The maximum Gasteiger partial charge on any atom is 0.252 e. The van der Waals surface area contributed by atoms with Crippen LogP contribution in [0.15, 0.2) is 48.7 Å². The summed E-state index contributed by atoms with van der Waals surface area (Å²) in [5.41, 5.74) is 1.78. The summed E-state index contributed by atoms with van der Waals surface area (Å²) >= 11 is 0. The van der Waals surface area contributed by atoms with Crippen molar-refractivity contribution in [2.45, 2.75) is 31.9 Å². The van der Waals surface area contributed by atoms with Crippen molar-refractivity contribution in [3.63, 3.8) is 0 Å². The number of β-amino-alcohol motifs (C(OH)–C–C–N with tert-alkyl or cyclic N) is 1. The van der Waals surface area contributed by atoms with E-state index in [0.29, 0.717) is 18.7 Å². The van der Waals surface area contributed by atoms with Crippen molar-refractivity contribution in [2.75, 3.05) is 38.1 Å². The molecule has 1 aliphatic heterocycles. The van der Waals surface area contributed by atoms with Crippen LogP contribution in [0.1, 0.15) is 41.7 Å². The van der Waals surface area contributed by atoms with Crippen molar-refractivity contribution in [1.82, 2.24) is 15.2 Å². The number of hydrogen-bond acceptors (Lipinski definition) is 5. The number of nitrogens with one attached hydrogen (secondary N) is 1. The molecular weight excluding hydrogens is 352 g/mol. The molecule has 0 bridgehead atoms. The van der Waals surface area contributed by atoms with Gasteiger partial charge in [0.05, 0.1) is 17.7 Å². The highest BCUT2D eigenvalue weighted by molar-refractivity contribution is 5.94. The Hall–Kier alpha value is -2.44. The standard InChI is InChI=1S/C22H30N4O2/c1-3-12-23-22(28)18-9-10-21(24-14-18)25(2)20(17-7-5-4-6-8-17)16-26-13-11-19(27)15-26/h4-10,14,19-20,27H,3,11-13,15-16H2,1-2H3,(H,23,28). The van der Waals surface area contributed by atoms with Crippen molar-refractivity contribution < 1.29 is 9.90 Å². The molecule has 0 spiro atoms. The number of aromatic nitrogens is 1. The second-order valence-electron chi connectivity index (χ2n) is 7.40. The molecule has 28 heavy (non-hydrogen) atoms. The average Bonchev–Trinajstić information content (AvgIpc) is 3.15. The van der Waals surface area contributed by atoms with E-state index in [0.717, 1.165) is 31.7 Å². The molecule has 0 radical (unpaired) electrons. The lowest BCUT2D eigenvalue weighted by molar-refractivity contribution is 0.0953. The van der Waals surface area contributed by atoms with Crippen LogP contribution in [-0.4, -0.2) is 60.2 Å². The molecule has 0 aliphatic carbocycles.